The molecule has 0 amide bonds. The number of fused-ring (bicyclic) bond motifs is 1. The van der Waals surface area contributed by atoms with Crippen molar-refractivity contribution in [2.75, 3.05) is 13.9 Å². The molecule has 4 nitrogen and oxygen atoms in total. The Kier molecular flexibility index (Phi) is 3.15. The molecule has 0 saturated heterocycles. The molecule has 0 radical (unpaired) electrons. The minimum Gasteiger partial charge on any atom is -0.413 e. The first-order valence-corrected chi connectivity index (χ1v) is 4.80. The fourth-order valence-electron chi connectivity index (χ4n) is 1.30. The van der Waals surface area contributed by atoms with Crippen LogP contribution in [0.2, 0.25) is 0 Å². The molecule has 0 aliphatic heterocycles. The van der Waals surface area contributed by atoms with E-state index in [9.17, 15) is 0 Å². The number of methoxy groups -OCH3 is 1. The Morgan fingerprint density at radius 1 is 1.33 bits per heavy atom. The SMILES string of the molecule is COCOCc1cccc2oc(=S)oc12. The maximum Gasteiger partial charge on any atom is 0.363 e. The maximum absolute atomic E-state index is 5.26. The molecular weight excluding hydrogens is 216 g/mol. The lowest BCUT2D eigenvalue weighted by molar-refractivity contribution is -0.0388. The van der Waals surface area contributed by atoms with Gasteiger partial charge in [-0.2, -0.15) is 0 Å². The molecule has 80 valence electrons. The number of ether oxygens (including phenoxy) is 2. The standard InChI is InChI=1S/C10H10O4S/c1-11-6-12-5-7-3-2-4-8-9(7)14-10(15)13-8/h2-4H,5-6H2,1H3. The van der Waals surface area contributed by atoms with Crippen LogP contribution in [0.25, 0.3) is 11.2 Å². The first-order chi connectivity index (χ1) is 7.31. The fraction of sp³-hybridized carbons (Fsp3) is 0.300. The van der Waals surface area contributed by atoms with Crippen molar-refractivity contribution in [2.24, 2.45) is 0 Å². The van der Waals surface area contributed by atoms with Gasteiger partial charge in [0.25, 0.3) is 0 Å². The lowest BCUT2D eigenvalue weighted by Crippen LogP contribution is -1.96. The van der Waals surface area contributed by atoms with Crippen molar-refractivity contribution in [2.45, 2.75) is 6.61 Å². The van der Waals surface area contributed by atoms with E-state index in [0.717, 1.165) is 5.56 Å². The van der Waals surface area contributed by atoms with Gasteiger partial charge in [-0.3, -0.25) is 0 Å². The fourth-order valence-corrected chi connectivity index (χ4v) is 1.47. The molecule has 0 unspecified atom stereocenters. The molecule has 0 atom stereocenters. The van der Waals surface area contributed by atoms with Crippen LogP contribution in [-0.4, -0.2) is 13.9 Å². The van der Waals surface area contributed by atoms with Crippen LogP contribution in [-0.2, 0) is 16.1 Å². The van der Waals surface area contributed by atoms with Crippen LogP contribution < -0.4 is 0 Å². The normalized spacial score (nSPS) is 11.0. The molecule has 0 spiro atoms. The summed E-state index contributed by atoms with van der Waals surface area (Å²) in [5.41, 5.74) is 2.17. The average molecular weight is 226 g/mol. The lowest BCUT2D eigenvalue weighted by atomic mass is 10.2. The molecule has 0 bridgehead atoms. The molecule has 5 heteroatoms. The van der Waals surface area contributed by atoms with Gasteiger partial charge in [-0.05, 0) is 6.07 Å². The predicted molar refractivity (Wildman–Crippen MR) is 56.0 cm³/mol. The first kappa shape index (κ1) is 10.4. The van der Waals surface area contributed by atoms with Crippen LogP contribution in [0.5, 0.6) is 0 Å². The van der Waals surface area contributed by atoms with Gasteiger partial charge in [-0.1, -0.05) is 12.1 Å². The molecular formula is C10H10O4S. The Morgan fingerprint density at radius 3 is 3.00 bits per heavy atom. The summed E-state index contributed by atoms with van der Waals surface area (Å²) in [7, 11) is 1.57. The second kappa shape index (κ2) is 4.57. The van der Waals surface area contributed by atoms with Gasteiger partial charge in [0.1, 0.15) is 6.79 Å². The van der Waals surface area contributed by atoms with Crippen molar-refractivity contribution in [3.8, 4) is 0 Å². The highest BCUT2D eigenvalue weighted by Crippen LogP contribution is 2.21. The second-order valence-corrected chi connectivity index (χ2v) is 3.29. The van der Waals surface area contributed by atoms with Gasteiger partial charge in [0.05, 0.1) is 6.61 Å². The minimum atomic E-state index is 0.129. The monoisotopic (exact) mass is 226 g/mol. The second-order valence-electron chi connectivity index (χ2n) is 2.95. The Labute approximate surface area is 91.4 Å². The highest BCUT2D eigenvalue weighted by molar-refractivity contribution is 7.71. The van der Waals surface area contributed by atoms with E-state index in [1.54, 1.807) is 13.2 Å². The van der Waals surface area contributed by atoms with E-state index < -0.39 is 0 Å². The van der Waals surface area contributed by atoms with Crippen LogP contribution in [0.3, 0.4) is 0 Å². The summed E-state index contributed by atoms with van der Waals surface area (Å²) in [6.45, 7) is 0.651. The van der Waals surface area contributed by atoms with Crippen molar-refractivity contribution in [1.29, 1.82) is 0 Å². The Hall–Kier alpha value is -1.17. The molecule has 1 aromatic carbocycles. The van der Waals surface area contributed by atoms with Crippen LogP contribution in [0.15, 0.2) is 27.0 Å². The van der Waals surface area contributed by atoms with Gasteiger partial charge in [-0.25, -0.2) is 0 Å². The highest BCUT2D eigenvalue weighted by Gasteiger charge is 2.06. The van der Waals surface area contributed by atoms with Crippen molar-refractivity contribution >= 4 is 23.4 Å². The van der Waals surface area contributed by atoms with Crippen molar-refractivity contribution in [1.82, 2.24) is 0 Å². The van der Waals surface area contributed by atoms with Crippen molar-refractivity contribution < 1.29 is 18.3 Å². The van der Waals surface area contributed by atoms with Crippen molar-refractivity contribution in [3.05, 3.63) is 28.7 Å². The smallest absolute Gasteiger partial charge is 0.363 e. The zero-order chi connectivity index (χ0) is 10.7. The molecule has 0 N–H and O–H groups in total. The van der Waals surface area contributed by atoms with Crippen LogP contribution in [0.1, 0.15) is 5.56 Å². The third-order valence-electron chi connectivity index (χ3n) is 1.90. The summed E-state index contributed by atoms with van der Waals surface area (Å²) in [6.07, 6.45) is 0. The van der Waals surface area contributed by atoms with Gasteiger partial charge in [0.2, 0.25) is 0 Å². The summed E-state index contributed by atoms with van der Waals surface area (Å²) < 4.78 is 20.4. The van der Waals surface area contributed by atoms with Crippen LogP contribution >= 0.6 is 12.2 Å². The molecule has 2 rings (SSSR count). The van der Waals surface area contributed by atoms with E-state index in [4.69, 9.17) is 30.5 Å². The maximum atomic E-state index is 5.26. The Morgan fingerprint density at radius 2 is 2.20 bits per heavy atom. The zero-order valence-electron chi connectivity index (χ0n) is 8.19. The quantitative estimate of drug-likeness (QED) is 0.455. The van der Waals surface area contributed by atoms with Crippen LogP contribution in [0, 0.1) is 4.90 Å². The van der Waals surface area contributed by atoms with Gasteiger partial charge in [-0.15, -0.1) is 0 Å². The van der Waals surface area contributed by atoms with E-state index in [2.05, 4.69) is 0 Å². The highest BCUT2D eigenvalue weighted by atomic mass is 32.1. The average Bonchev–Trinajstić information content (AvgIpc) is 2.59. The number of benzene rings is 1. The van der Waals surface area contributed by atoms with Gasteiger partial charge in [0.15, 0.2) is 11.2 Å². The van der Waals surface area contributed by atoms with E-state index in [1.165, 1.54) is 0 Å². The first-order valence-electron chi connectivity index (χ1n) is 4.39. The lowest BCUT2D eigenvalue weighted by Gasteiger charge is -2.02. The predicted octanol–water partition coefficient (Wildman–Crippen LogP) is 2.88. The number of rotatable bonds is 4. The summed E-state index contributed by atoms with van der Waals surface area (Å²) in [5.74, 6) is 0. The zero-order valence-corrected chi connectivity index (χ0v) is 9.00. The van der Waals surface area contributed by atoms with E-state index in [1.807, 2.05) is 12.1 Å². The number of hydrogen-bond donors (Lipinski definition) is 0. The van der Waals surface area contributed by atoms with E-state index >= 15 is 0 Å². The molecule has 2 aromatic rings. The molecule has 0 aliphatic carbocycles. The summed E-state index contributed by atoms with van der Waals surface area (Å²) in [5, 5.41) is 0. The molecule has 0 aliphatic rings. The third kappa shape index (κ3) is 2.26. The van der Waals surface area contributed by atoms with E-state index in [-0.39, 0.29) is 11.7 Å². The molecule has 1 heterocycles. The van der Waals surface area contributed by atoms with Gasteiger partial charge in [0, 0.05) is 24.9 Å². The van der Waals surface area contributed by atoms with Crippen molar-refractivity contribution in [3.63, 3.8) is 0 Å². The Bertz CT molecular complexity index is 499. The third-order valence-corrected chi connectivity index (χ3v) is 2.06. The summed E-state index contributed by atoms with van der Waals surface area (Å²) in [6, 6.07) is 5.56. The van der Waals surface area contributed by atoms with Gasteiger partial charge < -0.3 is 18.3 Å². The van der Waals surface area contributed by atoms with Crippen LogP contribution in [0.4, 0.5) is 0 Å². The largest absolute Gasteiger partial charge is 0.413 e. The molecule has 0 saturated carbocycles. The summed E-state index contributed by atoms with van der Waals surface area (Å²) in [4.78, 5) is 0.129. The number of hydrogen-bond acceptors (Lipinski definition) is 5. The molecule has 0 fully saturated rings. The Balaban J connectivity index is 2.29. The minimum absolute atomic E-state index is 0.129. The van der Waals surface area contributed by atoms with Gasteiger partial charge >= 0.3 is 4.90 Å². The molecule has 15 heavy (non-hydrogen) atoms. The number of para-hydroxylation sites is 1. The van der Waals surface area contributed by atoms with E-state index in [0.29, 0.717) is 17.8 Å². The molecule has 1 aromatic heterocycles. The topological polar surface area (TPSA) is 44.7 Å². The summed E-state index contributed by atoms with van der Waals surface area (Å²) >= 11 is 4.81.